The number of nitrogens with zero attached hydrogens (tertiary/aromatic N) is 1. The van der Waals surface area contributed by atoms with Gasteiger partial charge in [0.15, 0.2) is 11.5 Å². The topological polar surface area (TPSA) is 44.6 Å². The van der Waals surface area contributed by atoms with Gasteiger partial charge in [0.1, 0.15) is 18.0 Å². The molecule has 1 aliphatic rings. The number of ether oxygens (including phenoxy) is 4. The van der Waals surface area contributed by atoms with Gasteiger partial charge in [0.2, 0.25) is 0 Å². The van der Waals surface area contributed by atoms with Gasteiger partial charge in [-0.1, -0.05) is 12.1 Å². The summed E-state index contributed by atoms with van der Waals surface area (Å²) >= 11 is 0. The number of piperazine rings is 1. The highest BCUT2D eigenvalue weighted by Gasteiger charge is 2.24. The van der Waals surface area contributed by atoms with Gasteiger partial charge in [-0.15, -0.1) is 0 Å². The third-order valence-electron chi connectivity index (χ3n) is 5.12. The SMILES string of the molecule is COc1cc(OC)c(OC)cc1C[NH+]1CCN(c2ccccc2OC)CC1. The molecular weight excluding hydrogens is 344 g/mol. The van der Waals surface area contributed by atoms with Gasteiger partial charge in [0.25, 0.3) is 0 Å². The molecule has 1 heterocycles. The maximum atomic E-state index is 5.57. The summed E-state index contributed by atoms with van der Waals surface area (Å²) in [6.07, 6.45) is 0. The van der Waals surface area contributed by atoms with E-state index in [1.807, 2.05) is 24.3 Å². The normalized spacial score (nSPS) is 14.7. The second kappa shape index (κ2) is 8.86. The molecule has 27 heavy (non-hydrogen) atoms. The number of quaternary nitrogens is 1. The van der Waals surface area contributed by atoms with E-state index in [0.29, 0.717) is 5.75 Å². The molecule has 1 N–H and O–H groups in total. The van der Waals surface area contributed by atoms with Crippen molar-refractivity contribution in [3.05, 3.63) is 42.0 Å². The second-order valence-electron chi connectivity index (χ2n) is 6.60. The standard InChI is InChI=1S/C21H28N2O4/c1-24-18-8-6-5-7-17(18)23-11-9-22(10-12-23)15-16-13-20(26-3)21(27-4)14-19(16)25-2/h5-8,13-14H,9-12,15H2,1-4H3/p+1. The quantitative estimate of drug-likeness (QED) is 0.799. The van der Waals surface area contributed by atoms with Crippen molar-refractivity contribution < 1.29 is 23.8 Å². The molecule has 146 valence electrons. The molecule has 6 nitrogen and oxygen atoms in total. The highest BCUT2D eigenvalue weighted by Crippen LogP contribution is 2.34. The Morgan fingerprint density at radius 3 is 2.00 bits per heavy atom. The Morgan fingerprint density at radius 2 is 1.37 bits per heavy atom. The van der Waals surface area contributed by atoms with E-state index in [9.17, 15) is 0 Å². The minimum atomic E-state index is 0.689. The first kappa shape index (κ1) is 19.2. The predicted molar refractivity (Wildman–Crippen MR) is 106 cm³/mol. The number of rotatable bonds is 7. The third-order valence-corrected chi connectivity index (χ3v) is 5.12. The summed E-state index contributed by atoms with van der Waals surface area (Å²) in [5.74, 6) is 3.20. The van der Waals surface area contributed by atoms with E-state index in [4.69, 9.17) is 18.9 Å². The first-order valence-electron chi connectivity index (χ1n) is 9.20. The van der Waals surface area contributed by atoms with Crippen molar-refractivity contribution in [3.63, 3.8) is 0 Å². The van der Waals surface area contributed by atoms with Crippen LogP contribution in [0.1, 0.15) is 5.56 Å². The molecule has 6 heteroatoms. The molecule has 0 unspecified atom stereocenters. The summed E-state index contributed by atoms with van der Waals surface area (Å²) in [6, 6.07) is 12.1. The van der Waals surface area contributed by atoms with E-state index in [1.165, 1.54) is 10.6 Å². The minimum Gasteiger partial charge on any atom is -0.496 e. The number of anilines is 1. The smallest absolute Gasteiger partial charge is 0.164 e. The highest BCUT2D eigenvalue weighted by atomic mass is 16.5. The first-order valence-corrected chi connectivity index (χ1v) is 9.20. The van der Waals surface area contributed by atoms with Crippen molar-refractivity contribution in [3.8, 4) is 23.0 Å². The summed E-state index contributed by atoms with van der Waals surface area (Å²) in [5.41, 5.74) is 2.30. The summed E-state index contributed by atoms with van der Waals surface area (Å²) in [5, 5.41) is 0. The van der Waals surface area contributed by atoms with Crippen LogP contribution in [-0.4, -0.2) is 54.6 Å². The molecule has 0 aliphatic carbocycles. The molecule has 3 rings (SSSR count). The maximum absolute atomic E-state index is 5.57. The fourth-order valence-electron chi connectivity index (χ4n) is 3.63. The zero-order valence-corrected chi connectivity index (χ0v) is 16.6. The van der Waals surface area contributed by atoms with Gasteiger partial charge in [-0.2, -0.15) is 0 Å². The molecule has 2 aromatic rings. The Morgan fingerprint density at radius 1 is 0.778 bits per heavy atom. The van der Waals surface area contributed by atoms with Crippen LogP contribution in [0.15, 0.2) is 36.4 Å². The third kappa shape index (κ3) is 4.22. The van der Waals surface area contributed by atoms with Crippen LogP contribution in [0.4, 0.5) is 5.69 Å². The van der Waals surface area contributed by atoms with Crippen LogP contribution in [0.3, 0.4) is 0 Å². The van der Waals surface area contributed by atoms with Crippen LogP contribution in [-0.2, 0) is 6.54 Å². The lowest BCUT2D eigenvalue weighted by Crippen LogP contribution is -3.13. The van der Waals surface area contributed by atoms with E-state index in [-0.39, 0.29) is 0 Å². The van der Waals surface area contributed by atoms with Crippen LogP contribution < -0.4 is 28.7 Å². The van der Waals surface area contributed by atoms with Crippen LogP contribution in [0.25, 0.3) is 0 Å². The zero-order chi connectivity index (χ0) is 19.2. The summed E-state index contributed by atoms with van der Waals surface area (Å²) in [7, 11) is 6.72. The van der Waals surface area contributed by atoms with Crippen molar-refractivity contribution in [2.24, 2.45) is 0 Å². The van der Waals surface area contributed by atoms with E-state index in [1.54, 1.807) is 28.4 Å². The monoisotopic (exact) mass is 373 g/mol. The van der Waals surface area contributed by atoms with Crippen molar-refractivity contribution in [2.45, 2.75) is 6.54 Å². The number of hydrogen-bond acceptors (Lipinski definition) is 5. The lowest BCUT2D eigenvalue weighted by Gasteiger charge is -2.34. The predicted octanol–water partition coefficient (Wildman–Crippen LogP) is 1.63. The van der Waals surface area contributed by atoms with E-state index >= 15 is 0 Å². The first-order chi connectivity index (χ1) is 13.2. The van der Waals surface area contributed by atoms with Crippen LogP contribution >= 0.6 is 0 Å². The molecule has 0 bridgehead atoms. The molecule has 0 atom stereocenters. The minimum absolute atomic E-state index is 0.689. The van der Waals surface area contributed by atoms with Crippen molar-refractivity contribution in [2.75, 3.05) is 59.5 Å². The highest BCUT2D eigenvalue weighted by molar-refractivity contribution is 5.58. The maximum Gasteiger partial charge on any atom is 0.164 e. The summed E-state index contributed by atoms with van der Waals surface area (Å²) in [6.45, 7) is 4.98. The van der Waals surface area contributed by atoms with Gasteiger partial charge in [0, 0.05) is 6.07 Å². The largest absolute Gasteiger partial charge is 0.496 e. The molecule has 0 amide bonds. The van der Waals surface area contributed by atoms with Crippen molar-refractivity contribution in [1.82, 2.24) is 0 Å². The summed E-state index contributed by atoms with van der Waals surface area (Å²) < 4.78 is 21.9. The van der Waals surface area contributed by atoms with Gasteiger partial charge >= 0.3 is 0 Å². The fraction of sp³-hybridized carbons (Fsp3) is 0.429. The Hall–Kier alpha value is -2.60. The fourth-order valence-corrected chi connectivity index (χ4v) is 3.63. The van der Waals surface area contributed by atoms with E-state index in [2.05, 4.69) is 17.0 Å². The Bertz CT molecular complexity index is 758. The number of para-hydroxylation sites is 2. The Balaban J connectivity index is 1.69. The molecule has 1 saturated heterocycles. The Kier molecular flexibility index (Phi) is 6.29. The number of nitrogens with one attached hydrogen (secondary N) is 1. The molecular formula is C21H29N2O4+. The molecule has 1 fully saturated rings. The average molecular weight is 373 g/mol. The number of methoxy groups -OCH3 is 4. The van der Waals surface area contributed by atoms with Gasteiger partial charge in [-0.25, -0.2) is 0 Å². The van der Waals surface area contributed by atoms with Crippen LogP contribution in [0.2, 0.25) is 0 Å². The van der Waals surface area contributed by atoms with Crippen LogP contribution in [0, 0.1) is 0 Å². The second-order valence-corrected chi connectivity index (χ2v) is 6.60. The lowest BCUT2D eigenvalue weighted by atomic mass is 10.1. The van der Waals surface area contributed by atoms with Gasteiger partial charge in [0.05, 0.1) is 65.9 Å². The zero-order valence-electron chi connectivity index (χ0n) is 16.6. The van der Waals surface area contributed by atoms with Crippen molar-refractivity contribution >= 4 is 5.69 Å². The molecule has 0 radical (unpaired) electrons. The van der Waals surface area contributed by atoms with Gasteiger partial charge < -0.3 is 28.7 Å². The molecule has 0 aromatic heterocycles. The molecule has 0 spiro atoms. The molecule has 2 aromatic carbocycles. The number of hydrogen-bond donors (Lipinski definition) is 1. The Labute approximate surface area is 161 Å². The van der Waals surface area contributed by atoms with Gasteiger partial charge in [-0.05, 0) is 18.2 Å². The average Bonchev–Trinajstić information content (AvgIpc) is 2.73. The number of benzene rings is 2. The van der Waals surface area contributed by atoms with E-state index in [0.717, 1.165) is 55.5 Å². The molecule has 1 aliphatic heterocycles. The lowest BCUT2D eigenvalue weighted by molar-refractivity contribution is -0.914. The van der Waals surface area contributed by atoms with Gasteiger partial charge in [-0.3, -0.25) is 0 Å². The van der Waals surface area contributed by atoms with Crippen LogP contribution in [0.5, 0.6) is 23.0 Å². The van der Waals surface area contributed by atoms with Crippen molar-refractivity contribution in [1.29, 1.82) is 0 Å². The molecule has 0 saturated carbocycles. The summed E-state index contributed by atoms with van der Waals surface area (Å²) in [4.78, 5) is 3.92. The van der Waals surface area contributed by atoms with E-state index < -0.39 is 0 Å².